The summed E-state index contributed by atoms with van der Waals surface area (Å²) in [5.74, 6) is -0.534. The minimum absolute atomic E-state index is 0.190. The first-order valence-electron chi connectivity index (χ1n) is 4.46. The van der Waals surface area contributed by atoms with Gasteiger partial charge in [-0.15, -0.1) is 0 Å². The second-order valence-electron chi connectivity index (χ2n) is 3.20. The number of rotatable bonds is 4. The van der Waals surface area contributed by atoms with Crippen LogP contribution in [0, 0.1) is 5.82 Å². The van der Waals surface area contributed by atoms with Crippen LogP contribution in [-0.2, 0) is 6.61 Å². The number of hydrogen-bond donors (Lipinski definition) is 4. The zero-order valence-corrected chi connectivity index (χ0v) is 7.97. The summed E-state index contributed by atoms with van der Waals surface area (Å²) in [6, 6.07) is 3.45. The first-order valence-corrected chi connectivity index (χ1v) is 4.46. The Balaban J connectivity index is 3.02. The molecule has 0 spiro atoms. The zero-order valence-electron chi connectivity index (χ0n) is 7.97. The monoisotopic (exact) mass is 216 g/mol. The Morgan fingerprint density at radius 1 is 1.20 bits per heavy atom. The molecule has 1 aromatic carbocycles. The average molecular weight is 216 g/mol. The highest BCUT2D eigenvalue weighted by Gasteiger charge is 2.20. The quantitative estimate of drug-likeness (QED) is 0.557. The smallest absolute Gasteiger partial charge is 0.123 e. The third kappa shape index (κ3) is 2.73. The van der Waals surface area contributed by atoms with Crippen molar-refractivity contribution in [1.29, 1.82) is 0 Å². The van der Waals surface area contributed by atoms with Crippen molar-refractivity contribution in [2.75, 3.05) is 6.61 Å². The van der Waals surface area contributed by atoms with Crippen molar-refractivity contribution in [3.63, 3.8) is 0 Å². The molecule has 2 atom stereocenters. The standard InChI is InChI=1S/C10H13FO4/c11-7-1-2-8(6(3-7)4-12)10(15)9(14)5-13/h1-3,9-10,12-15H,4-5H2. The highest BCUT2D eigenvalue weighted by molar-refractivity contribution is 5.29. The molecular weight excluding hydrogens is 203 g/mol. The van der Waals surface area contributed by atoms with Gasteiger partial charge >= 0.3 is 0 Å². The number of aliphatic hydroxyl groups excluding tert-OH is 4. The van der Waals surface area contributed by atoms with E-state index in [0.717, 1.165) is 12.1 Å². The molecule has 84 valence electrons. The van der Waals surface area contributed by atoms with Crippen LogP contribution >= 0.6 is 0 Å². The Bertz CT molecular complexity index is 329. The highest BCUT2D eigenvalue weighted by Crippen LogP contribution is 2.22. The molecule has 4 N–H and O–H groups in total. The molecule has 0 saturated carbocycles. The predicted octanol–water partition coefficient (Wildman–Crippen LogP) is -0.295. The maximum Gasteiger partial charge on any atom is 0.123 e. The fourth-order valence-corrected chi connectivity index (χ4v) is 1.31. The van der Waals surface area contributed by atoms with Crippen LogP contribution in [0.1, 0.15) is 17.2 Å². The molecule has 0 saturated heterocycles. The second kappa shape index (κ2) is 5.18. The van der Waals surface area contributed by atoms with Gasteiger partial charge in [0.25, 0.3) is 0 Å². The molecule has 0 aliphatic heterocycles. The van der Waals surface area contributed by atoms with E-state index >= 15 is 0 Å². The van der Waals surface area contributed by atoms with E-state index in [9.17, 15) is 14.6 Å². The van der Waals surface area contributed by atoms with E-state index in [1.165, 1.54) is 6.07 Å². The summed E-state index contributed by atoms with van der Waals surface area (Å²) in [6.45, 7) is -1.05. The zero-order chi connectivity index (χ0) is 11.4. The third-order valence-corrected chi connectivity index (χ3v) is 2.15. The predicted molar refractivity (Wildman–Crippen MR) is 50.4 cm³/mol. The van der Waals surface area contributed by atoms with Gasteiger partial charge in [0.15, 0.2) is 0 Å². The van der Waals surface area contributed by atoms with Crippen molar-refractivity contribution in [2.24, 2.45) is 0 Å². The first-order chi connectivity index (χ1) is 7.10. The minimum Gasteiger partial charge on any atom is -0.394 e. The fourth-order valence-electron chi connectivity index (χ4n) is 1.31. The maximum absolute atomic E-state index is 12.8. The summed E-state index contributed by atoms with van der Waals surface area (Å²) < 4.78 is 12.8. The Kier molecular flexibility index (Phi) is 4.16. The molecule has 0 aliphatic carbocycles. The van der Waals surface area contributed by atoms with E-state index in [1.54, 1.807) is 0 Å². The van der Waals surface area contributed by atoms with Crippen LogP contribution in [0.3, 0.4) is 0 Å². The van der Waals surface area contributed by atoms with Crippen LogP contribution in [0.5, 0.6) is 0 Å². The lowest BCUT2D eigenvalue weighted by atomic mass is 9.99. The van der Waals surface area contributed by atoms with Crippen molar-refractivity contribution in [3.8, 4) is 0 Å². The van der Waals surface area contributed by atoms with Gasteiger partial charge in [0.05, 0.1) is 13.2 Å². The van der Waals surface area contributed by atoms with Gasteiger partial charge in [0.2, 0.25) is 0 Å². The molecule has 15 heavy (non-hydrogen) atoms. The summed E-state index contributed by atoms with van der Waals surface area (Å²) >= 11 is 0. The fraction of sp³-hybridized carbons (Fsp3) is 0.400. The molecule has 1 aromatic rings. The van der Waals surface area contributed by atoms with Crippen LogP contribution < -0.4 is 0 Å². The van der Waals surface area contributed by atoms with Crippen LogP contribution in [0.15, 0.2) is 18.2 Å². The van der Waals surface area contributed by atoms with Crippen LogP contribution in [0.25, 0.3) is 0 Å². The summed E-state index contributed by atoms with van der Waals surface area (Å²) in [7, 11) is 0. The number of aliphatic hydroxyl groups is 4. The highest BCUT2D eigenvalue weighted by atomic mass is 19.1. The summed E-state index contributed by atoms with van der Waals surface area (Å²) in [5.41, 5.74) is 0.399. The summed E-state index contributed by atoms with van der Waals surface area (Å²) in [4.78, 5) is 0. The summed E-state index contributed by atoms with van der Waals surface area (Å²) in [6.07, 6.45) is -2.68. The maximum atomic E-state index is 12.8. The van der Waals surface area contributed by atoms with Gasteiger partial charge in [0, 0.05) is 0 Å². The molecule has 0 radical (unpaired) electrons. The third-order valence-electron chi connectivity index (χ3n) is 2.15. The van der Waals surface area contributed by atoms with Crippen molar-refractivity contribution in [1.82, 2.24) is 0 Å². The van der Waals surface area contributed by atoms with Crippen molar-refractivity contribution in [3.05, 3.63) is 35.1 Å². The normalized spacial score (nSPS) is 15.0. The number of benzene rings is 1. The van der Waals surface area contributed by atoms with E-state index in [-0.39, 0.29) is 11.1 Å². The van der Waals surface area contributed by atoms with Crippen LogP contribution in [0.2, 0.25) is 0 Å². The van der Waals surface area contributed by atoms with Gasteiger partial charge < -0.3 is 20.4 Å². The Labute approximate surface area is 86.2 Å². The average Bonchev–Trinajstić information content (AvgIpc) is 2.26. The molecule has 0 amide bonds. The van der Waals surface area contributed by atoms with E-state index in [4.69, 9.17) is 10.2 Å². The number of halogens is 1. The van der Waals surface area contributed by atoms with Gasteiger partial charge in [-0.3, -0.25) is 0 Å². The SMILES string of the molecule is OCc1cc(F)ccc1C(O)C(O)CO. The number of hydrogen-bond acceptors (Lipinski definition) is 4. The van der Waals surface area contributed by atoms with E-state index in [1.807, 2.05) is 0 Å². The van der Waals surface area contributed by atoms with Crippen molar-refractivity contribution < 1.29 is 24.8 Å². The second-order valence-corrected chi connectivity index (χ2v) is 3.20. The Morgan fingerprint density at radius 2 is 1.87 bits per heavy atom. The molecular formula is C10H13FO4. The van der Waals surface area contributed by atoms with E-state index in [0.29, 0.717) is 0 Å². The first kappa shape index (κ1) is 12.1. The lowest BCUT2D eigenvalue weighted by molar-refractivity contribution is -0.0161. The molecule has 0 bridgehead atoms. The molecule has 2 unspecified atom stereocenters. The largest absolute Gasteiger partial charge is 0.394 e. The van der Waals surface area contributed by atoms with Gasteiger partial charge in [0.1, 0.15) is 18.0 Å². The molecule has 0 aliphatic rings. The summed E-state index contributed by atoms with van der Waals surface area (Å²) in [5, 5.41) is 36.3. The molecule has 5 heteroatoms. The van der Waals surface area contributed by atoms with Gasteiger partial charge in [-0.2, -0.15) is 0 Å². The Morgan fingerprint density at radius 3 is 2.40 bits per heavy atom. The van der Waals surface area contributed by atoms with E-state index in [2.05, 4.69) is 0 Å². The molecule has 0 heterocycles. The molecule has 0 fully saturated rings. The van der Waals surface area contributed by atoms with Crippen LogP contribution in [-0.4, -0.2) is 33.1 Å². The minimum atomic E-state index is -1.35. The van der Waals surface area contributed by atoms with Crippen LogP contribution in [0.4, 0.5) is 4.39 Å². The molecule has 1 rings (SSSR count). The van der Waals surface area contributed by atoms with Crippen molar-refractivity contribution in [2.45, 2.75) is 18.8 Å². The van der Waals surface area contributed by atoms with Gasteiger partial charge in [-0.25, -0.2) is 4.39 Å². The lowest BCUT2D eigenvalue weighted by Gasteiger charge is -2.18. The Hall–Kier alpha value is -1.01. The van der Waals surface area contributed by atoms with Gasteiger partial charge in [-0.05, 0) is 23.3 Å². The van der Waals surface area contributed by atoms with E-state index < -0.39 is 31.2 Å². The lowest BCUT2D eigenvalue weighted by Crippen LogP contribution is -2.23. The topological polar surface area (TPSA) is 80.9 Å². The molecule has 0 aromatic heterocycles. The molecule has 4 nitrogen and oxygen atoms in total. The van der Waals surface area contributed by atoms with Gasteiger partial charge in [-0.1, -0.05) is 6.07 Å². The van der Waals surface area contributed by atoms with Crippen molar-refractivity contribution >= 4 is 0 Å².